The lowest BCUT2D eigenvalue weighted by Crippen LogP contribution is -2.37. The second kappa shape index (κ2) is 6.02. The zero-order chi connectivity index (χ0) is 12.9. The highest BCUT2D eigenvalue weighted by molar-refractivity contribution is 5.30. The molecule has 1 heterocycles. The molecular formula is C12H23N3O2. The van der Waals surface area contributed by atoms with Crippen LogP contribution in [0.1, 0.15) is 26.8 Å². The summed E-state index contributed by atoms with van der Waals surface area (Å²) in [6.07, 6.45) is 3.74. The number of hydrogen-bond acceptors (Lipinski definition) is 4. The average molecular weight is 241 g/mol. The molecule has 98 valence electrons. The van der Waals surface area contributed by atoms with Crippen LogP contribution in [0.4, 0.5) is 5.95 Å². The molecule has 1 aromatic rings. The fourth-order valence-electron chi connectivity index (χ4n) is 1.79. The summed E-state index contributed by atoms with van der Waals surface area (Å²) >= 11 is 0. The normalized spacial score (nSPS) is 13.7. The number of aromatic nitrogens is 2. The van der Waals surface area contributed by atoms with Crippen molar-refractivity contribution >= 4 is 5.95 Å². The maximum Gasteiger partial charge on any atom is 0.203 e. The summed E-state index contributed by atoms with van der Waals surface area (Å²) in [6, 6.07) is 0.253. The Hall–Kier alpha value is -1.07. The van der Waals surface area contributed by atoms with Crippen molar-refractivity contribution in [1.82, 2.24) is 9.55 Å². The summed E-state index contributed by atoms with van der Waals surface area (Å²) in [5.41, 5.74) is -0.148. The molecular weight excluding hydrogens is 218 g/mol. The minimum Gasteiger partial charge on any atom is -0.383 e. The van der Waals surface area contributed by atoms with Gasteiger partial charge in [-0.05, 0) is 20.8 Å². The van der Waals surface area contributed by atoms with E-state index in [9.17, 15) is 0 Å². The first-order valence-corrected chi connectivity index (χ1v) is 5.79. The third kappa shape index (κ3) is 4.02. The molecule has 0 aromatic carbocycles. The number of methoxy groups -OCH3 is 2. The van der Waals surface area contributed by atoms with E-state index in [1.54, 1.807) is 20.4 Å². The van der Waals surface area contributed by atoms with Gasteiger partial charge in [-0.25, -0.2) is 4.98 Å². The Bertz CT molecular complexity index is 336. The van der Waals surface area contributed by atoms with Crippen molar-refractivity contribution < 1.29 is 9.47 Å². The molecule has 5 heteroatoms. The van der Waals surface area contributed by atoms with E-state index in [1.807, 2.05) is 6.20 Å². The first kappa shape index (κ1) is 14.0. The first-order chi connectivity index (χ1) is 8.00. The van der Waals surface area contributed by atoms with Crippen LogP contribution < -0.4 is 5.32 Å². The van der Waals surface area contributed by atoms with Crippen LogP contribution in [0.15, 0.2) is 12.4 Å². The summed E-state index contributed by atoms with van der Waals surface area (Å²) in [4.78, 5) is 4.33. The molecule has 1 rings (SSSR count). The van der Waals surface area contributed by atoms with Gasteiger partial charge >= 0.3 is 0 Å². The Morgan fingerprint density at radius 3 is 2.71 bits per heavy atom. The maximum absolute atomic E-state index is 5.18. The Labute approximate surface area is 103 Å². The summed E-state index contributed by atoms with van der Waals surface area (Å²) in [6.45, 7) is 7.54. The zero-order valence-corrected chi connectivity index (χ0v) is 11.4. The van der Waals surface area contributed by atoms with Gasteiger partial charge in [-0.15, -0.1) is 0 Å². The van der Waals surface area contributed by atoms with Crippen LogP contribution in [0.3, 0.4) is 0 Å². The standard InChI is InChI=1S/C12H23N3O2/c1-10(8-16-4)15-7-6-13-11(15)14-12(2,3)9-17-5/h6-7,10H,8-9H2,1-5H3,(H,13,14). The number of hydrogen-bond donors (Lipinski definition) is 1. The number of nitrogens with zero attached hydrogens (tertiary/aromatic N) is 2. The molecule has 5 nitrogen and oxygen atoms in total. The Morgan fingerprint density at radius 1 is 1.41 bits per heavy atom. The second-order valence-electron chi connectivity index (χ2n) is 4.90. The van der Waals surface area contributed by atoms with Gasteiger partial charge in [-0.2, -0.15) is 0 Å². The molecule has 17 heavy (non-hydrogen) atoms. The fourth-order valence-corrected chi connectivity index (χ4v) is 1.79. The van der Waals surface area contributed by atoms with Crippen LogP contribution in [-0.2, 0) is 9.47 Å². The molecule has 0 spiro atoms. The largest absolute Gasteiger partial charge is 0.383 e. The lowest BCUT2D eigenvalue weighted by Gasteiger charge is -2.27. The van der Waals surface area contributed by atoms with Gasteiger partial charge in [-0.1, -0.05) is 0 Å². The van der Waals surface area contributed by atoms with Crippen molar-refractivity contribution in [2.75, 3.05) is 32.8 Å². The summed E-state index contributed by atoms with van der Waals surface area (Å²) in [5.74, 6) is 0.844. The highest BCUT2D eigenvalue weighted by atomic mass is 16.5. The number of rotatable bonds is 7. The molecule has 0 radical (unpaired) electrons. The van der Waals surface area contributed by atoms with E-state index in [2.05, 4.69) is 35.6 Å². The van der Waals surface area contributed by atoms with Gasteiger partial charge in [0.1, 0.15) is 0 Å². The van der Waals surface area contributed by atoms with Gasteiger partial charge < -0.3 is 19.4 Å². The molecule has 1 aromatic heterocycles. The van der Waals surface area contributed by atoms with Crippen molar-refractivity contribution in [1.29, 1.82) is 0 Å². The van der Waals surface area contributed by atoms with E-state index >= 15 is 0 Å². The van der Waals surface area contributed by atoms with Crippen LogP contribution in [0.25, 0.3) is 0 Å². The van der Waals surface area contributed by atoms with Crippen molar-refractivity contribution in [2.24, 2.45) is 0 Å². The molecule has 0 amide bonds. The van der Waals surface area contributed by atoms with E-state index < -0.39 is 0 Å². The van der Waals surface area contributed by atoms with E-state index in [0.717, 1.165) is 5.95 Å². The van der Waals surface area contributed by atoms with Gasteiger partial charge in [0, 0.05) is 26.6 Å². The topological polar surface area (TPSA) is 48.3 Å². The lowest BCUT2D eigenvalue weighted by atomic mass is 10.1. The highest BCUT2D eigenvalue weighted by Crippen LogP contribution is 2.18. The quantitative estimate of drug-likeness (QED) is 0.792. The van der Waals surface area contributed by atoms with E-state index in [-0.39, 0.29) is 11.6 Å². The SMILES string of the molecule is COCC(C)n1ccnc1NC(C)(C)COC. The van der Waals surface area contributed by atoms with Crippen LogP contribution in [-0.4, -0.2) is 42.5 Å². The molecule has 0 aliphatic carbocycles. The summed E-state index contributed by atoms with van der Waals surface area (Å²) in [5, 5.41) is 3.38. The van der Waals surface area contributed by atoms with Crippen molar-refractivity contribution in [3.05, 3.63) is 12.4 Å². The number of imidazole rings is 1. The molecule has 0 saturated carbocycles. The Kier molecular flexibility index (Phi) is 4.96. The minimum atomic E-state index is -0.148. The van der Waals surface area contributed by atoms with Gasteiger partial charge in [0.15, 0.2) is 0 Å². The van der Waals surface area contributed by atoms with Gasteiger partial charge in [-0.3, -0.25) is 0 Å². The summed E-state index contributed by atoms with van der Waals surface area (Å²) < 4.78 is 12.4. The molecule has 0 saturated heterocycles. The molecule has 0 fully saturated rings. The van der Waals surface area contributed by atoms with Crippen LogP contribution in [0.5, 0.6) is 0 Å². The van der Waals surface area contributed by atoms with Crippen molar-refractivity contribution in [3.63, 3.8) is 0 Å². The van der Waals surface area contributed by atoms with Gasteiger partial charge in [0.05, 0.1) is 24.8 Å². The van der Waals surface area contributed by atoms with Crippen molar-refractivity contribution in [2.45, 2.75) is 32.4 Å². The smallest absolute Gasteiger partial charge is 0.203 e. The Balaban J connectivity index is 2.75. The Morgan fingerprint density at radius 2 is 2.12 bits per heavy atom. The molecule has 1 N–H and O–H groups in total. The third-order valence-corrected chi connectivity index (χ3v) is 2.51. The maximum atomic E-state index is 5.18. The average Bonchev–Trinajstić information content (AvgIpc) is 2.65. The van der Waals surface area contributed by atoms with E-state index in [0.29, 0.717) is 13.2 Å². The molecule has 1 unspecified atom stereocenters. The monoisotopic (exact) mass is 241 g/mol. The molecule has 0 bridgehead atoms. The predicted octanol–water partition coefficient (Wildman–Crippen LogP) is 1.93. The summed E-state index contributed by atoms with van der Waals surface area (Å²) in [7, 11) is 3.40. The van der Waals surface area contributed by atoms with E-state index in [1.165, 1.54) is 0 Å². The lowest BCUT2D eigenvalue weighted by molar-refractivity contribution is 0.154. The molecule has 0 aliphatic rings. The zero-order valence-electron chi connectivity index (χ0n) is 11.4. The van der Waals surface area contributed by atoms with Crippen molar-refractivity contribution in [3.8, 4) is 0 Å². The van der Waals surface area contributed by atoms with Crippen LogP contribution in [0, 0.1) is 0 Å². The van der Waals surface area contributed by atoms with Crippen LogP contribution in [0.2, 0.25) is 0 Å². The molecule has 0 aliphatic heterocycles. The molecule has 1 atom stereocenters. The van der Waals surface area contributed by atoms with Gasteiger partial charge in [0.25, 0.3) is 0 Å². The first-order valence-electron chi connectivity index (χ1n) is 5.79. The third-order valence-electron chi connectivity index (χ3n) is 2.51. The second-order valence-corrected chi connectivity index (χ2v) is 4.90. The van der Waals surface area contributed by atoms with E-state index in [4.69, 9.17) is 9.47 Å². The number of ether oxygens (including phenoxy) is 2. The van der Waals surface area contributed by atoms with Crippen LogP contribution >= 0.6 is 0 Å². The highest BCUT2D eigenvalue weighted by Gasteiger charge is 2.20. The minimum absolute atomic E-state index is 0.148. The number of anilines is 1. The fraction of sp³-hybridized carbons (Fsp3) is 0.750. The predicted molar refractivity (Wildman–Crippen MR) is 68.4 cm³/mol. The number of nitrogens with one attached hydrogen (secondary N) is 1. The van der Waals surface area contributed by atoms with Gasteiger partial charge in [0.2, 0.25) is 5.95 Å².